The first-order valence-corrected chi connectivity index (χ1v) is 8.04. The van der Waals surface area contributed by atoms with Gasteiger partial charge in [-0.15, -0.1) is 0 Å². The normalized spacial score (nSPS) is 20.8. The van der Waals surface area contributed by atoms with Crippen molar-refractivity contribution in [3.8, 4) is 5.88 Å². The van der Waals surface area contributed by atoms with Crippen LogP contribution in [0.5, 0.6) is 5.88 Å². The van der Waals surface area contributed by atoms with Gasteiger partial charge < -0.3 is 15.2 Å². The molecule has 2 aromatic rings. The highest BCUT2D eigenvalue weighted by Gasteiger charge is 2.36. The molecule has 0 aliphatic heterocycles. The molecule has 0 saturated heterocycles. The molecule has 24 heavy (non-hydrogen) atoms. The fraction of sp³-hybridized carbons (Fsp3) is 0.353. The van der Waals surface area contributed by atoms with Crippen LogP contribution in [0.4, 0.5) is 0 Å². The number of hydrogen-bond acceptors (Lipinski definition) is 5. The number of carbonyl (C=O) groups excluding carboxylic acids is 1. The highest BCUT2D eigenvalue weighted by molar-refractivity contribution is 6.30. The Hall–Kier alpha value is -2.18. The molecule has 0 aromatic carbocycles. The zero-order chi connectivity index (χ0) is 17.1. The molecule has 6 nitrogen and oxygen atoms in total. The van der Waals surface area contributed by atoms with Crippen molar-refractivity contribution in [3.63, 3.8) is 0 Å². The summed E-state index contributed by atoms with van der Waals surface area (Å²) in [5, 5.41) is 13.0. The molecule has 1 aliphatic carbocycles. The van der Waals surface area contributed by atoms with Crippen LogP contribution in [0.15, 0.2) is 36.8 Å². The lowest BCUT2D eigenvalue weighted by Crippen LogP contribution is -2.41. The van der Waals surface area contributed by atoms with Gasteiger partial charge in [0.05, 0.1) is 29.8 Å². The lowest BCUT2D eigenvalue weighted by molar-refractivity contribution is 0.0234. The predicted molar refractivity (Wildman–Crippen MR) is 89.0 cm³/mol. The predicted octanol–water partition coefficient (Wildman–Crippen LogP) is 2.38. The van der Waals surface area contributed by atoms with E-state index in [0.29, 0.717) is 29.3 Å². The fourth-order valence-corrected chi connectivity index (χ4v) is 3.01. The van der Waals surface area contributed by atoms with Crippen LogP contribution in [-0.4, -0.2) is 34.2 Å². The van der Waals surface area contributed by atoms with Gasteiger partial charge in [-0.3, -0.25) is 9.78 Å². The van der Waals surface area contributed by atoms with Crippen LogP contribution in [-0.2, 0) is 0 Å². The van der Waals surface area contributed by atoms with Crippen molar-refractivity contribution in [2.45, 2.75) is 25.0 Å². The summed E-state index contributed by atoms with van der Waals surface area (Å²) in [6.07, 6.45) is 5.61. The maximum Gasteiger partial charge on any atom is 0.253 e. The minimum atomic E-state index is -0.312. The van der Waals surface area contributed by atoms with E-state index in [4.69, 9.17) is 16.3 Å². The second kappa shape index (κ2) is 7.15. The number of rotatable bonds is 5. The van der Waals surface area contributed by atoms with Gasteiger partial charge in [-0.1, -0.05) is 17.7 Å². The van der Waals surface area contributed by atoms with Gasteiger partial charge in [0.2, 0.25) is 5.88 Å². The number of halogens is 1. The average Bonchev–Trinajstić information content (AvgIpc) is 2.57. The van der Waals surface area contributed by atoms with Gasteiger partial charge in [-0.2, -0.15) is 0 Å². The first kappa shape index (κ1) is 16.7. The van der Waals surface area contributed by atoms with Gasteiger partial charge in [0.25, 0.3) is 5.91 Å². The Bertz CT molecular complexity index is 717. The van der Waals surface area contributed by atoms with Gasteiger partial charge >= 0.3 is 0 Å². The van der Waals surface area contributed by atoms with E-state index in [9.17, 15) is 9.90 Å². The van der Waals surface area contributed by atoms with E-state index in [1.807, 2.05) is 6.07 Å². The van der Waals surface area contributed by atoms with E-state index in [-0.39, 0.29) is 24.0 Å². The summed E-state index contributed by atoms with van der Waals surface area (Å²) >= 11 is 5.90. The number of aliphatic hydroxyl groups excluding tert-OH is 1. The molecule has 2 N–H and O–H groups in total. The van der Waals surface area contributed by atoms with Gasteiger partial charge in [0.1, 0.15) is 0 Å². The first-order valence-electron chi connectivity index (χ1n) is 7.66. The third kappa shape index (κ3) is 3.66. The molecule has 0 spiro atoms. The van der Waals surface area contributed by atoms with E-state index in [2.05, 4.69) is 15.3 Å². The lowest BCUT2D eigenvalue weighted by Gasteiger charge is -2.38. The molecule has 3 rings (SSSR count). The standard InChI is InChI=1S/C17H18ClN3O3/c1-24-15-3-2-10(8-20-15)16(11-5-14(22)6-11)21-17(23)12-4-13(18)9-19-7-12/h2-4,7-9,11,14,16,22H,5-6H2,1H3,(H,21,23)/t11?,14?,16-/m1/s1. The molecule has 1 atom stereocenters. The number of aromatic nitrogens is 2. The van der Waals surface area contributed by atoms with Crippen LogP contribution in [0.2, 0.25) is 5.02 Å². The number of nitrogens with one attached hydrogen (secondary N) is 1. The molecule has 1 amide bonds. The summed E-state index contributed by atoms with van der Waals surface area (Å²) in [7, 11) is 1.55. The Kier molecular flexibility index (Phi) is 4.97. The number of amides is 1. The zero-order valence-corrected chi connectivity index (χ0v) is 13.9. The summed E-state index contributed by atoms with van der Waals surface area (Å²) in [5.41, 5.74) is 1.27. The Labute approximate surface area is 144 Å². The van der Waals surface area contributed by atoms with Gasteiger partial charge in [0, 0.05) is 24.7 Å². The van der Waals surface area contributed by atoms with E-state index in [0.717, 1.165) is 5.56 Å². The van der Waals surface area contributed by atoms with Crippen molar-refractivity contribution >= 4 is 17.5 Å². The summed E-state index contributed by atoms with van der Waals surface area (Å²) in [4.78, 5) is 20.7. The van der Waals surface area contributed by atoms with Crippen molar-refractivity contribution in [2.75, 3.05) is 7.11 Å². The van der Waals surface area contributed by atoms with Gasteiger partial charge in [-0.05, 0) is 30.4 Å². The summed E-state index contributed by atoms with van der Waals surface area (Å²) in [6.45, 7) is 0. The monoisotopic (exact) mass is 347 g/mol. The molecule has 2 aromatic heterocycles. The van der Waals surface area contributed by atoms with Gasteiger partial charge in [-0.25, -0.2) is 4.98 Å². The van der Waals surface area contributed by atoms with E-state index >= 15 is 0 Å². The van der Waals surface area contributed by atoms with Crippen LogP contribution in [0.25, 0.3) is 0 Å². The van der Waals surface area contributed by atoms with Gasteiger partial charge in [0.15, 0.2) is 0 Å². The largest absolute Gasteiger partial charge is 0.481 e. The topological polar surface area (TPSA) is 84.3 Å². The van der Waals surface area contributed by atoms with E-state index in [1.54, 1.807) is 25.4 Å². The van der Waals surface area contributed by atoms with Crippen molar-refractivity contribution < 1.29 is 14.6 Å². The summed E-state index contributed by atoms with van der Waals surface area (Å²) in [5.74, 6) is 0.412. The number of carbonyl (C=O) groups is 1. The maximum atomic E-state index is 12.5. The number of pyridine rings is 2. The molecule has 2 heterocycles. The number of methoxy groups -OCH3 is 1. The lowest BCUT2D eigenvalue weighted by atomic mass is 9.75. The second-order valence-corrected chi connectivity index (χ2v) is 6.30. The fourth-order valence-electron chi connectivity index (χ4n) is 2.83. The minimum absolute atomic E-state index is 0.159. The van der Waals surface area contributed by atoms with Crippen LogP contribution in [0.1, 0.15) is 34.8 Å². The molecule has 1 fully saturated rings. The molecular formula is C17H18ClN3O3. The molecule has 0 unspecified atom stereocenters. The third-order valence-corrected chi connectivity index (χ3v) is 4.41. The average molecular weight is 348 g/mol. The summed E-state index contributed by atoms with van der Waals surface area (Å²) in [6, 6.07) is 4.96. The molecular weight excluding hydrogens is 330 g/mol. The third-order valence-electron chi connectivity index (χ3n) is 4.20. The van der Waals surface area contributed by atoms with Crippen molar-refractivity contribution in [1.29, 1.82) is 0 Å². The van der Waals surface area contributed by atoms with Crippen molar-refractivity contribution in [3.05, 3.63) is 52.9 Å². The smallest absolute Gasteiger partial charge is 0.253 e. The van der Waals surface area contributed by atoms with Crippen LogP contribution < -0.4 is 10.1 Å². The zero-order valence-electron chi connectivity index (χ0n) is 13.1. The number of nitrogens with zero attached hydrogens (tertiary/aromatic N) is 2. The number of aliphatic hydroxyl groups is 1. The SMILES string of the molecule is COc1ccc([C@@H](NC(=O)c2cncc(Cl)c2)C2CC(O)C2)cn1. The van der Waals surface area contributed by atoms with Crippen LogP contribution in [0.3, 0.4) is 0 Å². The van der Waals surface area contributed by atoms with Crippen LogP contribution in [0, 0.1) is 5.92 Å². The minimum Gasteiger partial charge on any atom is -0.481 e. The highest BCUT2D eigenvalue weighted by atomic mass is 35.5. The van der Waals surface area contributed by atoms with E-state index in [1.165, 1.54) is 12.4 Å². The molecule has 0 radical (unpaired) electrons. The van der Waals surface area contributed by atoms with Crippen LogP contribution >= 0.6 is 11.6 Å². The highest BCUT2D eigenvalue weighted by Crippen LogP contribution is 2.38. The van der Waals surface area contributed by atoms with E-state index < -0.39 is 0 Å². The Morgan fingerprint density at radius 2 is 2.17 bits per heavy atom. The molecule has 1 saturated carbocycles. The van der Waals surface area contributed by atoms with Crippen molar-refractivity contribution in [1.82, 2.24) is 15.3 Å². The summed E-state index contributed by atoms with van der Waals surface area (Å²) < 4.78 is 5.07. The maximum absolute atomic E-state index is 12.5. The molecule has 1 aliphatic rings. The number of hydrogen-bond donors (Lipinski definition) is 2. The quantitative estimate of drug-likeness (QED) is 0.867. The Morgan fingerprint density at radius 3 is 2.75 bits per heavy atom. The molecule has 126 valence electrons. The second-order valence-electron chi connectivity index (χ2n) is 5.86. The first-order chi connectivity index (χ1) is 11.6. The Morgan fingerprint density at radius 1 is 1.38 bits per heavy atom. The molecule has 7 heteroatoms. The molecule has 0 bridgehead atoms. The van der Waals surface area contributed by atoms with Crippen molar-refractivity contribution in [2.24, 2.45) is 5.92 Å². The number of ether oxygens (including phenoxy) is 1. The Balaban J connectivity index is 1.80.